The van der Waals surface area contributed by atoms with E-state index in [0.29, 0.717) is 0 Å². The van der Waals surface area contributed by atoms with Crippen molar-refractivity contribution >= 4 is 16.7 Å². The molecule has 0 unspecified atom stereocenters. The highest BCUT2D eigenvalue weighted by atomic mass is 19.4. The topological polar surface area (TPSA) is 158 Å². The average molecular weight is 678 g/mol. The van der Waals surface area contributed by atoms with Crippen molar-refractivity contribution in [1.82, 2.24) is 15.0 Å². The third-order valence-corrected chi connectivity index (χ3v) is 6.32. The van der Waals surface area contributed by atoms with Crippen molar-refractivity contribution in [1.29, 1.82) is 26.3 Å². The molecule has 1 fully saturated rings. The van der Waals surface area contributed by atoms with Crippen LogP contribution in [0.1, 0.15) is 39.2 Å². The number of hydrogen-bond acceptors (Lipinski definition) is 8. The Balaban J connectivity index is 2.37. The SMILES string of the molecule is N#CC(=C1C(=C(C#N)c2c(F)c(F)nc(C(F)(F)F)c2F)C1=C(C#N)c1c(F)c(F)nc(C(F)(F)F)c1F)c1c(C#N)cncc1C#N. The maximum atomic E-state index is 15.2. The highest BCUT2D eigenvalue weighted by Crippen LogP contribution is 2.57. The molecule has 3 aromatic rings. The van der Waals surface area contributed by atoms with Crippen LogP contribution < -0.4 is 0 Å². The van der Waals surface area contributed by atoms with Crippen molar-refractivity contribution < 1.29 is 52.7 Å². The second kappa shape index (κ2) is 11.9. The molecule has 0 amide bonds. The summed E-state index contributed by atoms with van der Waals surface area (Å²) in [6.45, 7) is 0. The molecule has 0 radical (unpaired) electrons. The Hall–Kier alpha value is -6.72. The van der Waals surface area contributed by atoms with Gasteiger partial charge in [0.05, 0.1) is 39.0 Å². The van der Waals surface area contributed by atoms with Gasteiger partial charge in [-0.05, 0) is 0 Å². The van der Waals surface area contributed by atoms with E-state index in [2.05, 4.69) is 15.0 Å². The molecular weight excluding hydrogens is 676 g/mol. The summed E-state index contributed by atoms with van der Waals surface area (Å²) in [6.07, 6.45) is -10.3. The lowest BCUT2D eigenvalue weighted by Gasteiger charge is -2.11. The zero-order valence-corrected chi connectivity index (χ0v) is 22.3. The largest absolute Gasteiger partial charge is 0.436 e. The van der Waals surface area contributed by atoms with Crippen LogP contribution in [0.4, 0.5) is 52.7 Å². The minimum atomic E-state index is -5.86. The van der Waals surface area contributed by atoms with Gasteiger partial charge >= 0.3 is 12.4 Å². The summed E-state index contributed by atoms with van der Waals surface area (Å²) in [5.74, 6) is -16.0. The third kappa shape index (κ3) is 5.40. The summed E-state index contributed by atoms with van der Waals surface area (Å²) in [5, 5.41) is 48.8. The summed E-state index contributed by atoms with van der Waals surface area (Å²) in [7, 11) is 0. The second-order valence-corrected chi connectivity index (χ2v) is 8.92. The minimum absolute atomic E-state index is 0.668. The van der Waals surface area contributed by atoms with Crippen LogP contribution in [-0.4, -0.2) is 15.0 Å². The molecule has 0 bridgehead atoms. The monoisotopic (exact) mass is 678 g/mol. The fourth-order valence-electron chi connectivity index (χ4n) is 4.39. The van der Waals surface area contributed by atoms with E-state index in [1.807, 2.05) is 0 Å². The Morgan fingerprint density at radius 2 is 0.812 bits per heavy atom. The van der Waals surface area contributed by atoms with E-state index in [0.717, 1.165) is 24.5 Å². The molecule has 20 heteroatoms. The van der Waals surface area contributed by atoms with Crippen molar-refractivity contribution in [2.24, 2.45) is 0 Å². The first-order valence-corrected chi connectivity index (χ1v) is 11.9. The summed E-state index contributed by atoms with van der Waals surface area (Å²) in [4.78, 5) is 7.76. The fourth-order valence-corrected chi connectivity index (χ4v) is 4.39. The van der Waals surface area contributed by atoms with Crippen molar-refractivity contribution in [3.05, 3.63) is 103 Å². The van der Waals surface area contributed by atoms with E-state index >= 15 is 8.78 Å². The number of nitriles is 5. The summed E-state index contributed by atoms with van der Waals surface area (Å²) in [5.41, 5.74) is -20.2. The highest BCUT2D eigenvalue weighted by molar-refractivity contribution is 6.12. The lowest BCUT2D eigenvalue weighted by molar-refractivity contribution is -0.145. The van der Waals surface area contributed by atoms with Gasteiger partial charge in [0, 0.05) is 34.7 Å². The van der Waals surface area contributed by atoms with Crippen molar-refractivity contribution in [3.63, 3.8) is 0 Å². The van der Waals surface area contributed by atoms with Gasteiger partial charge in [0.1, 0.15) is 30.3 Å². The van der Waals surface area contributed by atoms with Gasteiger partial charge in [-0.1, -0.05) is 0 Å². The molecule has 3 heterocycles. The Labute approximate surface area is 257 Å². The average Bonchev–Trinajstić information content (AvgIpc) is 3.73. The smallest absolute Gasteiger partial charge is 0.262 e. The molecule has 48 heavy (non-hydrogen) atoms. The Morgan fingerprint density at radius 3 is 1.08 bits per heavy atom. The fraction of sp³-hybridized carbons (Fsp3) is 0.0714. The van der Waals surface area contributed by atoms with Crippen LogP contribution in [0.15, 0.2) is 29.1 Å². The summed E-state index contributed by atoms with van der Waals surface area (Å²) < 4.78 is 169. The molecule has 3 aromatic heterocycles. The van der Waals surface area contributed by atoms with Crippen molar-refractivity contribution in [2.75, 3.05) is 0 Å². The van der Waals surface area contributed by atoms with Crippen LogP contribution in [0.5, 0.6) is 0 Å². The molecule has 238 valence electrons. The number of halogens is 12. The molecule has 0 aliphatic heterocycles. The van der Waals surface area contributed by atoms with Crippen LogP contribution in [0.25, 0.3) is 16.7 Å². The van der Waals surface area contributed by atoms with E-state index in [1.54, 1.807) is 0 Å². The molecule has 4 rings (SSSR count). The summed E-state index contributed by atoms with van der Waals surface area (Å²) >= 11 is 0. The Kier molecular flexibility index (Phi) is 8.47. The summed E-state index contributed by atoms with van der Waals surface area (Å²) in [6, 6.07) is 6.27. The molecule has 8 nitrogen and oxygen atoms in total. The standard InChI is InChI=1S/C28H2F12N8/c29-19-17(21(31)25(33)47-23(19)27(35,36)37)11(4-44)15-14(10(3-43)13-8(1-41)6-46-7-9(13)2-42)16(15)12(5-45)18-20(30)24(28(38,39)40)48-26(34)22(18)32/h6-7H. The normalized spacial score (nSPS) is 14.6. The van der Waals surface area contributed by atoms with Gasteiger partial charge < -0.3 is 0 Å². The predicted octanol–water partition coefficient (Wildman–Crippen LogP) is 6.73. The van der Waals surface area contributed by atoms with Gasteiger partial charge in [-0.15, -0.1) is 0 Å². The number of alkyl halides is 6. The number of hydrogen-bond donors (Lipinski definition) is 0. The Morgan fingerprint density at radius 1 is 0.500 bits per heavy atom. The molecule has 1 saturated carbocycles. The van der Waals surface area contributed by atoms with Gasteiger partial charge in [-0.2, -0.15) is 61.4 Å². The maximum Gasteiger partial charge on any atom is 0.436 e. The molecule has 0 aromatic carbocycles. The number of allylic oxidation sites excluding steroid dienone is 6. The number of rotatable bonds is 3. The van der Waals surface area contributed by atoms with Crippen LogP contribution in [0.3, 0.4) is 0 Å². The first kappa shape index (κ1) is 34.2. The lowest BCUT2D eigenvalue weighted by Crippen LogP contribution is -2.16. The first-order chi connectivity index (χ1) is 22.4. The Bertz CT molecular complexity index is 2140. The van der Waals surface area contributed by atoms with Crippen LogP contribution in [-0.2, 0) is 12.4 Å². The van der Waals surface area contributed by atoms with Gasteiger partial charge in [-0.3, -0.25) is 4.98 Å². The van der Waals surface area contributed by atoms with Gasteiger partial charge in [0.2, 0.25) is 11.9 Å². The maximum absolute atomic E-state index is 15.2. The molecule has 0 spiro atoms. The zero-order valence-electron chi connectivity index (χ0n) is 22.3. The van der Waals surface area contributed by atoms with E-state index in [-0.39, 0.29) is 0 Å². The van der Waals surface area contributed by atoms with Crippen molar-refractivity contribution in [3.8, 4) is 30.3 Å². The zero-order chi connectivity index (χ0) is 36.0. The number of nitrogens with zero attached hydrogens (tertiary/aromatic N) is 8. The third-order valence-electron chi connectivity index (χ3n) is 6.32. The molecule has 1 aliphatic carbocycles. The van der Waals surface area contributed by atoms with Crippen LogP contribution in [0.2, 0.25) is 0 Å². The van der Waals surface area contributed by atoms with Gasteiger partial charge in [0.15, 0.2) is 34.7 Å². The van der Waals surface area contributed by atoms with Gasteiger partial charge in [-0.25, -0.2) is 27.5 Å². The first-order valence-electron chi connectivity index (χ1n) is 11.9. The van der Waals surface area contributed by atoms with E-state index in [4.69, 9.17) is 0 Å². The number of aromatic nitrogens is 3. The minimum Gasteiger partial charge on any atom is -0.262 e. The van der Waals surface area contributed by atoms with Crippen LogP contribution >= 0.6 is 0 Å². The van der Waals surface area contributed by atoms with E-state index in [1.165, 1.54) is 18.2 Å². The molecular formula is C28H2F12N8. The van der Waals surface area contributed by atoms with E-state index in [9.17, 15) is 70.2 Å². The van der Waals surface area contributed by atoms with Crippen molar-refractivity contribution in [2.45, 2.75) is 12.4 Å². The lowest BCUT2D eigenvalue weighted by atomic mass is 9.96. The predicted molar refractivity (Wildman–Crippen MR) is 129 cm³/mol. The van der Waals surface area contributed by atoms with Gasteiger partial charge in [0.25, 0.3) is 0 Å². The molecule has 0 N–H and O–H groups in total. The number of pyridine rings is 3. The second-order valence-electron chi connectivity index (χ2n) is 8.92. The van der Waals surface area contributed by atoms with E-state index < -0.39 is 120 Å². The highest BCUT2D eigenvalue weighted by Gasteiger charge is 2.48. The molecule has 1 aliphatic rings. The quantitative estimate of drug-likeness (QED) is 0.168. The van der Waals surface area contributed by atoms with Crippen LogP contribution in [0, 0.1) is 91.8 Å². The molecule has 0 saturated heterocycles. The molecule has 0 atom stereocenters.